The largest absolute Gasteiger partial charge is 0.307 e. The molecule has 0 aliphatic rings. The molecule has 4 heteroatoms. The van der Waals surface area contributed by atoms with Crippen LogP contribution in [0.1, 0.15) is 23.7 Å². The van der Waals surface area contributed by atoms with Crippen LogP contribution >= 0.6 is 11.8 Å². The molecule has 0 radical (unpaired) electrons. The van der Waals surface area contributed by atoms with E-state index in [0.29, 0.717) is 0 Å². The van der Waals surface area contributed by atoms with E-state index < -0.39 is 5.50 Å². The van der Waals surface area contributed by atoms with Crippen LogP contribution in [0.5, 0.6) is 0 Å². The van der Waals surface area contributed by atoms with Crippen LogP contribution in [0.3, 0.4) is 0 Å². The molecular formula is C14H19N3S. The summed E-state index contributed by atoms with van der Waals surface area (Å²) in [5.74, 6) is 0. The smallest absolute Gasteiger partial charge is 0.105 e. The Morgan fingerprint density at radius 1 is 1.28 bits per heavy atom. The van der Waals surface area contributed by atoms with Crippen molar-refractivity contribution in [1.82, 2.24) is 4.98 Å². The number of nitrogens with zero attached hydrogens (tertiary/aromatic N) is 1. The van der Waals surface area contributed by atoms with Crippen molar-refractivity contribution in [2.45, 2.75) is 37.6 Å². The van der Waals surface area contributed by atoms with Crippen LogP contribution in [-0.4, -0.2) is 10.5 Å². The van der Waals surface area contributed by atoms with Gasteiger partial charge in [-0.25, -0.2) is 0 Å². The molecule has 2 rings (SSSR count). The van der Waals surface area contributed by atoms with Gasteiger partial charge in [0.1, 0.15) is 5.50 Å². The normalized spacial score (nSPS) is 11.4. The number of aromatic nitrogens is 1. The molecule has 0 fully saturated rings. The quantitative estimate of drug-likeness (QED) is 0.658. The standard InChI is InChI=1S/C14H19N3S/c1-4-10-9(3)17-12-6-5-8(2)7-11(12)13(10)18-14(15)16/h5-7,14H,4,15-16H2,1-3H3. The maximum Gasteiger partial charge on any atom is 0.105 e. The van der Waals surface area contributed by atoms with Crippen LogP contribution in [0.15, 0.2) is 23.1 Å². The van der Waals surface area contributed by atoms with Gasteiger partial charge in [-0.2, -0.15) is 0 Å². The Morgan fingerprint density at radius 2 is 2.00 bits per heavy atom. The number of benzene rings is 1. The van der Waals surface area contributed by atoms with Gasteiger partial charge in [0.15, 0.2) is 0 Å². The highest BCUT2D eigenvalue weighted by Crippen LogP contribution is 2.33. The van der Waals surface area contributed by atoms with Crippen LogP contribution in [0.4, 0.5) is 0 Å². The minimum absolute atomic E-state index is 0.402. The van der Waals surface area contributed by atoms with Gasteiger partial charge in [0, 0.05) is 16.0 Å². The van der Waals surface area contributed by atoms with Crippen LogP contribution in [0, 0.1) is 13.8 Å². The number of fused-ring (bicyclic) bond motifs is 1. The summed E-state index contributed by atoms with van der Waals surface area (Å²) in [4.78, 5) is 5.84. The van der Waals surface area contributed by atoms with E-state index in [9.17, 15) is 0 Å². The summed E-state index contributed by atoms with van der Waals surface area (Å²) in [6, 6.07) is 6.30. The number of thioether (sulfide) groups is 1. The highest BCUT2D eigenvalue weighted by molar-refractivity contribution is 8.00. The Bertz CT molecular complexity index is 579. The van der Waals surface area contributed by atoms with Crippen molar-refractivity contribution < 1.29 is 0 Å². The number of hydrogen-bond acceptors (Lipinski definition) is 4. The van der Waals surface area contributed by atoms with E-state index in [1.165, 1.54) is 27.8 Å². The molecule has 96 valence electrons. The molecule has 2 aromatic rings. The Balaban J connectivity index is 2.76. The molecule has 4 N–H and O–H groups in total. The van der Waals surface area contributed by atoms with Gasteiger partial charge in [0.25, 0.3) is 0 Å². The minimum Gasteiger partial charge on any atom is -0.307 e. The molecule has 0 amide bonds. The highest BCUT2D eigenvalue weighted by atomic mass is 32.2. The van der Waals surface area contributed by atoms with E-state index in [1.807, 2.05) is 6.92 Å². The van der Waals surface area contributed by atoms with Gasteiger partial charge >= 0.3 is 0 Å². The van der Waals surface area contributed by atoms with Gasteiger partial charge < -0.3 is 11.5 Å². The first-order valence-corrected chi connectivity index (χ1v) is 6.98. The predicted molar refractivity (Wildman–Crippen MR) is 78.6 cm³/mol. The molecule has 18 heavy (non-hydrogen) atoms. The molecule has 0 atom stereocenters. The van der Waals surface area contributed by atoms with Gasteiger partial charge in [0.05, 0.1) is 5.52 Å². The summed E-state index contributed by atoms with van der Waals surface area (Å²) in [6.45, 7) is 6.27. The summed E-state index contributed by atoms with van der Waals surface area (Å²) >= 11 is 1.52. The SMILES string of the molecule is CCc1c(C)nc2ccc(C)cc2c1SC(N)N. The molecule has 1 heterocycles. The topological polar surface area (TPSA) is 64.9 Å². The molecule has 1 aromatic heterocycles. The number of rotatable bonds is 3. The first-order valence-electron chi connectivity index (χ1n) is 6.10. The maximum absolute atomic E-state index is 5.75. The summed E-state index contributed by atoms with van der Waals surface area (Å²) in [6.07, 6.45) is 0.942. The summed E-state index contributed by atoms with van der Waals surface area (Å²) in [5.41, 5.74) is 15.6. The molecule has 0 aliphatic heterocycles. The Labute approximate surface area is 112 Å². The molecule has 0 bridgehead atoms. The average Bonchev–Trinajstić information content (AvgIpc) is 2.30. The van der Waals surface area contributed by atoms with E-state index in [-0.39, 0.29) is 0 Å². The zero-order valence-electron chi connectivity index (χ0n) is 11.0. The third-order valence-corrected chi connectivity index (χ3v) is 3.98. The third kappa shape index (κ3) is 2.51. The fourth-order valence-corrected chi connectivity index (χ4v) is 3.19. The molecule has 0 unspecified atom stereocenters. The molecule has 0 aliphatic carbocycles. The second kappa shape index (κ2) is 5.26. The zero-order valence-corrected chi connectivity index (χ0v) is 11.8. The first kappa shape index (κ1) is 13.3. The maximum atomic E-state index is 5.75. The van der Waals surface area contributed by atoms with Crippen molar-refractivity contribution in [2.24, 2.45) is 11.5 Å². The van der Waals surface area contributed by atoms with Crippen molar-refractivity contribution in [2.75, 3.05) is 0 Å². The minimum atomic E-state index is -0.402. The van der Waals surface area contributed by atoms with Crippen LogP contribution < -0.4 is 11.5 Å². The van der Waals surface area contributed by atoms with Crippen molar-refractivity contribution in [3.8, 4) is 0 Å². The fraction of sp³-hybridized carbons (Fsp3) is 0.357. The van der Waals surface area contributed by atoms with E-state index in [4.69, 9.17) is 11.5 Å². The number of pyridine rings is 1. The van der Waals surface area contributed by atoms with Crippen LogP contribution in [-0.2, 0) is 6.42 Å². The van der Waals surface area contributed by atoms with Crippen molar-refractivity contribution in [1.29, 1.82) is 0 Å². The number of aryl methyl sites for hydroxylation is 2. The summed E-state index contributed by atoms with van der Waals surface area (Å²) in [7, 11) is 0. The van der Waals surface area contributed by atoms with Crippen molar-refractivity contribution >= 4 is 22.7 Å². The van der Waals surface area contributed by atoms with E-state index in [1.54, 1.807) is 0 Å². The van der Waals surface area contributed by atoms with Crippen LogP contribution in [0.25, 0.3) is 10.9 Å². The van der Waals surface area contributed by atoms with Gasteiger partial charge in [-0.05, 0) is 38.0 Å². The molecule has 3 nitrogen and oxygen atoms in total. The van der Waals surface area contributed by atoms with Crippen molar-refractivity contribution in [3.63, 3.8) is 0 Å². The van der Waals surface area contributed by atoms with E-state index in [0.717, 1.165) is 23.0 Å². The Morgan fingerprint density at radius 3 is 2.61 bits per heavy atom. The monoisotopic (exact) mass is 261 g/mol. The summed E-state index contributed by atoms with van der Waals surface area (Å²) in [5, 5.41) is 1.16. The average molecular weight is 261 g/mol. The Kier molecular flexibility index (Phi) is 3.90. The van der Waals surface area contributed by atoms with Gasteiger partial charge in [-0.15, -0.1) is 0 Å². The third-order valence-electron chi connectivity index (χ3n) is 3.00. The lowest BCUT2D eigenvalue weighted by Crippen LogP contribution is -2.26. The van der Waals surface area contributed by atoms with Gasteiger partial charge in [0.2, 0.25) is 0 Å². The lowest BCUT2D eigenvalue weighted by Gasteiger charge is -2.15. The predicted octanol–water partition coefficient (Wildman–Crippen LogP) is 2.71. The molecular weight excluding hydrogens is 242 g/mol. The number of nitrogens with two attached hydrogens (primary N) is 2. The lowest BCUT2D eigenvalue weighted by atomic mass is 10.1. The molecule has 0 saturated heterocycles. The van der Waals surface area contributed by atoms with Gasteiger partial charge in [-0.1, -0.05) is 30.3 Å². The molecule has 1 aromatic carbocycles. The van der Waals surface area contributed by atoms with Gasteiger partial charge in [-0.3, -0.25) is 4.98 Å². The number of hydrogen-bond donors (Lipinski definition) is 2. The second-order valence-corrected chi connectivity index (χ2v) is 5.65. The lowest BCUT2D eigenvalue weighted by molar-refractivity contribution is 0.974. The highest BCUT2D eigenvalue weighted by Gasteiger charge is 2.13. The van der Waals surface area contributed by atoms with E-state index >= 15 is 0 Å². The fourth-order valence-electron chi connectivity index (χ4n) is 2.19. The molecule has 0 spiro atoms. The van der Waals surface area contributed by atoms with Crippen LogP contribution in [0.2, 0.25) is 0 Å². The summed E-state index contributed by atoms with van der Waals surface area (Å²) < 4.78 is 0. The first-order chi connectivity index (χ1) is 8.52. The van der Waals surface area contributed by atoms with Crippen molar-refractivity contribution in [3.05, 3.63) is 35.0 Å². The van der Waals surface area contributed by atoms with E-state index in [2.05, 4.69) is 37.0 Å². The Hall–Kier alpha value is -1.10. The zero-order chi connectivity index (χ0) is 13.3. The molecule has 0 saturated carbocycles. The second-order valence-electron chi connectivity index (χ2n) is 4.46.